The van der Waals surface area contributed by atoms with E-state index in [0.717, 1.165) is 17.1 Å². The summed E-state index contributed by atoms with van der Waals surface area (Å²) in [5.41, 5.74) is 17.8. The van der Waals surface area contributed by atoms with Crippen molar-refractivity contribution in [1.82, 2.24) is 0 Å². The first-order valence-electron chi connectivity index (χ1n) is 21.7. The van der Waals surface area contributed by atoms with E-state index in [1.165, 1.54) is 88.3 Å². The first-order chi connectivity index (χ1) is 31.2. The fraction of sp³-hybridized carbons (Fsp3) is 0. The van der Waals surface area contributed by atoms with Crippen LogP contribution in [0.2, 0.25) is 0 Å². The highest BCUT2D eigenvalue weighted by Crippen LogP contribution is 2.43. The molecule has 0 aliphatic heterocycles. The zero-order chi connectivity index (χ0) is 42.0. The lowest BCUT2D eigenvalue weighted by Crippen LogP contribution is -2.09. The van der Waals surface area contributed by atoms with Crippen LogP contribution in [0.1, 0.15) is 0 Å². The quantitative estimate of drug-likeness (QED) is 0.141. The van der Waals surface area contributed by atoms with Gasteiger partial charge in [0.1, 0.15) is 0 Å². The summed E-state index contributed by atoms with van der Waals surface area (Å²) in [6, 6.07) is 94.5. The molecule has 63 heavy (non-hydrogen) atoms. The fourth-order valence-corrected chi connectivity index (χ4v) is 9.19. The molecule has 0 fully saturated rings. The van der Waals surface area contributed by atoms with Crippen LogP contribution in [-0.4, -0.2) is 0 Å². The predicted molar refractivity (Wildman–Crippen MR) is 269 cm³/mol. The second kappa shape index (κ2) is 16.7. The number of rotatable bonds is 9. The average Bonchev–Trinajstić information content (AvgIpc) is 3.37. The van der Waals surface area contributed by atoms with E-state index < -0.39 is 0 Å². The molecule has 0 heterocycles. The lowest BCUT2D eigenvalue weighted by molar-refractivity contribution is 1.29. The summed E-state index contributed by atoms with van der Waals surface area (Å²) in [4.78, 5) is 2.37. The summed E-state index contributed by atoms with van der Waals surface area (Å²) in [6.07, 6.45) is 0. The first kappa shape index (κ1) is 37.7. The van der Waals surface area contributed by atoms with Gasteiger partial charge in [0.15, 0.2) is 0 Å². The van der Waals surface area contributed by atoms with Gasteiger partial charge >= 0.3 is 0 Å². The Bertz CT molecular complexity index is 3360. The van der Waals surface area contributed by atoms with Gasteiger partial charge in [-0.05, 0) is 125 Å². The molecule has 0 radical (unpaired) electrons. The van der Waals surface area contributed by atoms with E-state index in [0.29, 0.717) is 0 Å². The van der Waals surface area contributed by atoms with Gasteiger partial charge in [-0.15, -0.1) is 0 Å². The molecule has 296 valence electrons. The molecule has 0 unspecified atom stereocenters. The number of nitrogens with zero attached hydrogens (tertiary/aromatic N) is 1. The van der Waals surface area contributed by atoms with E-state index in [9.17, 15) is 0 Å². The third-order valence-electron chi connectivity index (χ3n) is 12.3. The van der Waals surface area contributed by atoms with Crippen LogP contribution in [0.15, 0.2) is 261 Å². The van der Waals surface area contributed by atoms with Crippen LogP contribution in [0.3, 0.4) is 0 Å². The Morgan fingerprint density at radius 2 is 0.556 bits per heavy atom. The van der Waals surface area contributed by atoms with Crippen molar-refractivity contribution in [2.45, 2.75) is 0 Å². The normalized spacial score (nSPS) is 11.2. The van der Waals surface area contributed by atoms with Crippen LogP contribution in [0.5, 0.6) is 0 Å². The largest absolute Gasteiger partial charge is 0.310 e. The van der Waals surface area contributed by atoms with Crippen molar-refractivity contribution in [3.8, 4) is 66.8 Å². The number of hydrogen-bond donors (Lipinski definition) is 0. The summed E-state index contributed by atoms with van der Waals surface area (Å²) >= 11 is 0. The van der Waals surface area contributed by atoms with E-state index in [1.807, 2.05) is 0 Å². The molecule has 0 aliphatic carbocycles. The van der Waals surface area contributed by atoms with Crippen molar-refractivity contribution < 1.29 is 0 Å². The van der Waals surface area contributed by atoms with Crippen molar-refractivity contribution in [2.24, 2.45) is 0 Å². The van der Waals surface area contributed by atoms with E-state index in [4.69, 9.17) is 0 Å². The lowest BCUT2D eigenvalue weighted by atomic mass is 9.87. The Hall–Kier alpha value is -8.26. The molecule has 0 aromatic heterocycles. The molecule has 11 aromatic rings. The number of hydrogen-bond acceptors (Lipinski definition) is 1. The molecular weight excluding hydrogens is 759 g/mol. The Kier molecular flexibility index (Phi) is 9.97. The third-order valence-corrected chi connectivity index (χ3v) is 12.3. The minimum Gasteiger partial charge on any atom is -0.310 e. The number of fused-ring (bicyclic) bond motifs is 2. The minimum atomic E-state index is 1.09. The lowest BCUT2D eigenvalue weighted by Gasteiger charge is -2.26. The average molecular weight is 802 g/mol. The first-order valence-corrected chi connectivity index (χ1v) is 21.7. The van der Waals surface area contributed by atoms with Gasteiger partial charge in [-0.1, -0.05) is 224 Å². The maximum Gasteiger partial charge on any atom is 0.0468 e. The zero-order valence-corrected chi connectivity index (χ0v) is 34.8. The molecular formula is C62H43N. The van der Waals surface area contributed by atoms with Crippen molar-refractivity contribution in [3.63, 3.8) is 0 Å². The fourth-order valence-electron chi connectivity index (χ4n) is 9.19. The molecule has 0 amide bonds. The molecule has 0 atom stereocenters. The molecule has 1 nitrogen and oxygen atoms in total. The SMILES string of the molecule is c1ccc(-c2ccccc2-c2ccccc2-c2ccccc2-c2ccc(N(c3ccc(-c4ccc(-c5cccc6ccccc56)cc4)cc3)c3ccc4ccccc4c3)cc2)cc1. The molecule has 11 aromatic carbocycles. The molecule has 0 saturated heterocycles. The third kappa shape index (κ3) is 7.37. The van der Waals surface area contributed by atoms with Crippen LogP contribution in [0, 0.1) is 0 Å². The molecule has 0 saturated carbocycles. The van der Waals surface area contributed by atoms with Gasteiger partial charge in [0, 0.05) is 17.1 Å². The number of anilines is 3. The van der Waals surface area contributed by atoms with Crippen LogP contribution in [0.25, 0.3) is 88.3 Å². The molecule has 1 heteroatoms. The Morgan fingerprint density at radius 3 is 1.16 bits per heavy atom. The van der Waals surface area contributed by atoms with Gasteiger partial charge in [0.05, 0.1) is 0 Å². The highest BCUT2D eigenvalue weighted by Gasteiger charge is 2.18. The monoisotopic (exact) mass is 801 g/mol. The van der Waals surface area contributed by atoms with Gasteiger partial charge in [-0.3, -0.25) is 0 Å². The Balaban J connectivity index is 0.945. The van der Waals surface area contributed by atoms with Crippen molar-refractivity contribution in [3.05, 3.63) is 261 Å². The Morgan fingerprint density at radius 1 is 0.190 bits per heavy atom. The maximum atomic E-state index is 2.37. The van der Waals surface area contributed by atoms with Crippen molar-refractivity contribution in [1.29, 1.82) is 0 Å². The summed E-state index contributed by atoms with van der Waals surface area (Å²) in [5.74, 6) is 0. The molecule has 0 N–H and O–H groups in total. The van der Waals surface area contributed by atoms with Crippen molar-refractivity contribution >= 4 is 38.6 Å². The van der Waals surface area contributed by atoms with E-state index in [2.05, 4.69) is 266 Å². The molecule has 0 bridgehead atoms. The van der Waals surface area contributed by atoms with Gasteiger partial charge < -0.3 is 4.90 Å². The van der Waals surface area contributed by atoms with Crippen LogP contribution in [-0.2, 0) is 0 Å². The van der Waals surface area contributed by atoms with Crippen LogP contribution < -0.4 is 4.90 Å². The second-order valence-corrected chi connectivity index (χ2v) is 16.1. The van der Waals surface area contributed by atoms with Gasteiger partial charge in [-0.2, -0.15) is 0 Å². The van der Waals surface area contributed by atoms with Gasteiger partial charge in [0.2, 0.25) is 0 Å². The summed E-state index contributed by atoms with van der Waals surface area (Å²) in [6.45, 7) is 0. The van der Waals surface area contributed by atoms with Crippen molar-refractivity contribution in [2.75, 3.05) is 4.90 Å². The summed E-state index contributed by atoms with van der Waals surface area (Å²) in [7, 11) is 0. The summed E-state index contributed by atoms with van der Waals surface area (Å²) in [5, 5.41) is 4.96. The zero-order valence-electron chi connectivity index (χ0n) is 34.8. The predicted octanol–water partition coefficient (Wildman–Crippen LogP) is 17.5. The molecule has 0 aliphatic rings. The molecule has 11 rings (SSSR count). The standard InChI is InChI=1S/C62H43N/c1-2-16-47(17-3-1)57-22-8-10-24-59(57)61-26-12-13-27-62(61)60-25-11-9-23-58(60)50-36-40-53(41-37-50)63(54-42-35-44-15-4-5-19-51(44)43-54)52-38-33-46(34-39-52)45-29-31-49(32-30-45)56-28-14-20-48-18-6-7-21-55(48)56/h1-43H. The molecule has 0 spiro atoms. The van der Waals surface area contributed by atoms with Gasteiger partial charge in [-0.25, -0.2) is 0 Å². The second-order valence-electron chi connectivity index (χ2n) is 16.1. The number of benzene rings is 11. The maximum absolute atomic E-state index is 2.37. The highest BCUT2D eigenvalue weighted by molar-refractivity contribution is 5.98. The van der Waals surface area contributed by atoms with E-state index in [1.54, 1.807) is 0 Å². The topological polar surface area (TPSA) is 3.24 Å². The smallest absolute Gasteiger partial charge is 0.0468 e. The Labute approximate surface area is 369 Å². The van der Waals surface area contributed by atoms with Crippen LogP contribution >= 0.6 is 0 Å². The minimum absolute atomic E-state index is 1.09. The van der Waals surface area contributed by atoms with Gasteiger partial charge in [0.25, 0.3) is 0 Å². The van der Waals surface area contributed by atoms with E-state index >= 15 is 0 Å². The van der Waals surface area contributed by atoms with E-state index in [-0.39, 0.29) is 0 Å². The van der Waals surface area contributed by atoms with Crippen LogP contribution in [0.4, 0.5) is 17.1 Å². The highest BCUT2D eigenvalue weighted by atomic mass is 15.1. The summed E-state index contributed by atoms with van der Waals surface area (Å²) < 4.78 is 0.